The molecule has 0 amide bonds. The molecule has 0 saturated heterocycles. The van der Waals surface area contributed by atoms with Gasteiger partial charge >= 0.3 is 0 Å². The summed E-state index contributed by atoms with van der Waals surface area (Å²) in [4.78, 5) is 0.331. The Morgan fingerprint density at radius 2 is 1.90 bits per heavy atom. The van der Waals surface area contributed by atoms with Crippen molar-refractivity contribution in [3.05, 3.63) is 59.0 Å². The van der Waals surface area contributed by atoms with E-state index in [9.17, 15) is 13.5 Å². The zero-order chi connectivity index (χ0) is 15.0. The van der Waals surface area contributed by atoms with Crippen LogP contribution in [0.5, 0.6) is 11.5 Å². The minimum absolute atomic E-state index is 0.108. The lowest BCUT2D eigenvalue weighted by atomic mass is 10.0. The van der Waals surface area contributed by atoms with Crippen LogP contribution in [0.15, 0.2) is 52.8 Å². The molecule has 1 N–H and O–H groups in total. The van der Waals surface area contributed by atoms with Crippen molar-refractivity contribution in [1.29, 1.82) is 0 Å². The van der Waals surface area contributed by atoms with Gasteiger partial charge in [-0.3, -0.25) is 0 Å². The summed E-state index contributed by atoms with van der Waals surface area (Å²) < 4.78 is 29.8. The zero-order valence-electron chi connectivity index (χ0n) is 11.4. The third-order valence-electron chi connectivity index (χ3n) is 3.37. The van der Waals surface area contributed by atoms with E-state index in [0.717, 1.165) is 11.1 Å². The van der Waals surface area contributed by atoms with E-state index < -0.39 is 9.84 Å². The molecule has 1 aliphatic rings. The Labute approximate surface area is 123 Å². The van der Waals surface area contributed by atoms with Crippen LogP contribution in [0.2, 0.25) is 0 Å². The first kappa shape index (κ1) is 13.7. The molecule has 0 bridgehead atoms. The predicted octanol–water partition coefficient (Wildman–Crippen LogP) is 2.91. The normalized spacial score (nSPS) is 15.4. The number of phenolic OH excluding ortho intramolecular Hbond substituents is 1. The van der Waals surface area contributed by atoms with Crippen LogP contribution >= 0.6 is 0 Å². The zero-order valence-corrected chi connectivity index (χ0v) is 12.2. The Balaban J connectivity index is 1.91. The molecule has 0 saturated carbocycles. The second-order valence-corrected chi connectivity index (χ2v) is 6.69. The van der Waals surface area contributed by atoms with Gasteiger partial charge in [0.15, 0.2) is 0 Å². The highest BCUT2D eigenvalue weighted by Gasteiger charge is 2.28. The molecule has 1 aliphatic heterocycles. The highest BCUT2D eigenvalue weighted by Crippen LogP contribution is 2.35. The monoisotopic (exact) mass is 302 g/mol. The van der Waals surface area contributed by atoms with Crippen LogP contribution in [0.3, 0.4) is 0 Å². The maximum Gasteiger partial charge on any atom is 0.200 e. The van der Waals surface area contributed by atoms with Crippen molar-refractivity contribution < 1.29 is 18.3 Å². The Kier molecular flexibility index (Phi) is 3.22. The van der Waals surface area contributed by atoms with Gasteiger partial charge in [0.25, 0.3) is 0 Å². The summed E-state index contributed by atoms with van der Waals surface area (Å²) in [6.07, 6.45) is 0. The summed E-state index contributed by atoms with van der Waals surface area (Å²) >= 11 is 0. The lowest BCUT2D eigenvalue weighted by Crippen LogP contribution is -2.01. The number of hydrogen-bond donors (Lipinski definition) is 1. The Bertz CT molecular complexity index is 835. The second kappa shape index (κ2) is 4.93. The standard InChI is InChI=1S/C16H14O4S/c1-11-4-2-7-15-16(11)12(10-21(15,18)19)9-20-14-6-3-5-13(17)8-14/h2-8,10,17H,9H2,1H3. The van der Waals surface area contributed by atoms with Crippen LogP contribution < -0.4 is 4.74 Å². The van der Waals surface area contributed by atoms with Gasteiger partial charge in [0.1, 0.15) is 18.1 Å². The third kappa shape index (κ3) is 2.52. The van der Waals surface area contributed by atoms with Crippen molar-refractivity contribution >= 4 is 15.4 Å². The molecule has 0 unspecified atom stereocenters. The van der Waals surface area contributed by atoms with Crippen LogP contribution in [0.4, 0.5) is 0 Å². The van der Waals surface area contributed by atoms with Crippen molar-refractivity contribution in [2.24, 2.45) is 0 Å². The molecular formula is C16H14O4S. The molecule has 0 aliphatic carbocycles. The number of fused-ring (bicyclic) bond motifs is 1. The summed E-state index contributed by atoms with van der Waals surface area (Å²) in [5, 5.41) is 10.7. The van der Waals surface area contributed by atoms with Gasteiger partial charge in [-0.05, 0) is 30.7 Å². The molecule has 0 fully saturated rings. The van der Waals surface area contributed by atoms with E-state index in [2.05, 4.69) is 0 Å². The van der Waals surface area contributed by atoms with E-state index in [4.69, 9.17) is 4.74 Å². The largest absolute Gasteiger partial charge is 0.508 e. The van der Waals surface area contributed by atoms with Gasteiger partial charge in [-0.1, -0.05) is 18.2 Å². The maximum atomic E-state index is 12.1. The second-order valence-electron chi connectivity index (χ2n) is 4.92. The quantitative estimate of drug-likeness (QED) is 0.947. The molecule has 2 aromatic rings. The fourth-order valence-corrected chi connectivity index (χ4v) is 3.97. The highest BCUT2D eigenvalue weighted by molar-refractivity contribution is 7.95. The molecular weight excluding hydrogens is 288 g/mol. The van der Waals surface area contributed by atoms with Crippen molar-refractivity contribution in [2.45, 2.75) is 11.8 Å². The molecule has 1 heterocycles. The predicted molar refractivity (Wildman–Crippen MR) is 79.9 cm³/mol. The van der Waals surface area contributed by atoms with Gasteiger partial charge in [-0.2, -0.15) is 0 Å². The number of aromatic hydroxyl groups is 1. The van der Waals surface area contributed by atoms with Crippen LogP contribution in [0.1, 0.15) is 11.1 Å². The van der Waals surface area contributed by atoms with Crippen molar-refractivity contribution in [3.8, 4) is 11.5 Å². The first-order valence-corrected chi connectivity index (χ1v) is 7.99. The highest BCUT2D eigenvalue weighted by atomic mass is 32.2. The Hall–Kier alpha value is -2.27. The summed E-state index contributed by atoms with van der Waals surface area (Å²) in [5.41, 5.74) is 2.25. The summed E-state index contributed by atoms with van der Waals surface area (Å²) in [7, 11) is -3.38. The lowest BCUT2D eigenvalue weighted by Gasteiger charge is -2.10. The van der Waals surface area contributed by atoms with Crippen molar-refractivity contribution in [2.75, 3.05) is 6.61 Å². The molecule has 0 aromatic heterocycles. The average Bonchev–Trinajstić information content (AvgIpc) is 2.69. The van der Waals surface area contributed by atoms with Gasteiger partial charge in [-0.25, -0.2) is 8.42 Å². The van der Waals surface area contributed by atoms with E-state index in [1.54, 1.807) is 30.3 Å². The van der Waals surface area contributed by atoms with E-state index in [1.807, 2.05) is 13.0 Å². The smallest absolute Gasteiger partial charge is 0.200 e. The van der Waals surface area contributed by atoms with E-state index in [0.29, 0.717) is 16.2 Å². The first-order chi connectivity index (χ1) is 9.97. The maximum absolute atomic E-state index is 12.1. The topological polar surface area (TPSA) is 63.6 Å². The number of ether oxygens (including phenoxy) is 1. The molecule has 0 radical (unpaired) electrons. The molecule has 21 heavy (non-hydrogen) atoms. The lowest BCUT2D eigenvalue weighted by molar-refractivity contribution is 0.366. The van der Waals surface area contributed by atoms with E-state index in [1.165, 1.54) is 11.5 Å². The van der Waals surface area contributed by atoms with Crippen molar-refractivity contribution in [1.82, 2.24) is 0 Å². The molecule has 3 rings (SSSR count). The van der Waals surface area contributed by atoms with Crippen LogP contribution in [-0.4, -0.2) is 20.1 Å². The average molecular weight is 302 g/mol. The minimum atomic E-state index is -3.38. The number of aryl methyl sites for hydroxylation is 1. The summed E-state index contributed by atoms with van der Waals surface area (Å²) in [5.74, 6) is 0.604. The van der Waals surface area contributed by atoms with Crippen LogP contribution in [0, 0.1) is 6.92 Å². The Morgan fingerprint density at radius 3 is 2.67 bits per heavy atom. The number of benzene rings is 2. The van der Waals surface area contributed by atoms with Gasteiger partial charge in [0.05, 0.1) is 4.90 Å². The number of rotatable bonds is 3. The number of phenols is 1. The molecule has 0 atom stereocenters. The first-order valence-electron chi connectivity index (χ1n) is 6.45. The van der Waals surface area contributed by atoms with Gasteiger partial charge in [0, 0.05) is 22.6 Å². The number of sulfone groups is 1. The van der Waals surface area contributed by atoms with Crippen LogP contribution in [0.25, 0.3) is 5.57 Å². The Morgan fingerprint density at radius 1 is 1.14 bits per heavy atom. The molecule has 108 valence electrons. The molecule has 0 spiro atoms. The molecule has 4 nitrogen and oxygen atoms in total. The van der Waals surface area contributed by atoms with E-state index >= 15 is 0 Å². The molecule has 2 aromatic carbocycles. The number of hydrogen-bond acceptors (Lipinski definition) is 4. The van der Waals surface area contributed by atoms with Gasteiger partial charge < -0.3 is 9.84 Å². The van der Waals surface area contributed by atoms with Crippen LogP contribution in [-0.2, 0) is 9.84 Å². The van der Waals surface area contributed by atoms with Gasteiger partial charge in [-0.15, -0.1) is 0 Å². The summed E-state index contributed by atoms with van der Waals surface area (Å²) in [6.45, 7) is 2.02. The minimum Gasteiger partial charge on any atom is -0.508 e. The van der Waals surface area contributed by atoms with Crippen molar-refractivity contribution in [3.63, 3.8) is 0 Å². The third-order valence-corrected chi connectivity index (χ3v) is 4.92. The fourth-order valence-electron chi connectivity index (χ4n) is 2.44. The van der Waals surface area contributed by atoms with E-state index in [-0.39, 0.29) is 12.4 Å². The fraction of sp³-hybridized carbons (Fsp3) is 0.125. The summed E-state index contributed by atoms with van der Waals surface area (Å²) in [6, 6.07) is 11.6. The SMILES string of the molecule is Cc1cccc2c1C(COc1cccc(O)c1)=CS2(=O)=O. The van der Waals surface area contributed by atoms with Gasteiger partial charge in [0.2, 0.25) is 9.84 Å². The molecule has 5 heteroatoms.